The van der Waals surface area contributed by atoms with Crippen molar-refractivity contribution in [1.29, 1.82) is 0 Å². The van der Waals surface area contributed by atoms with Crippen LogP contribution in [0.4, 0.5) is 0 Å². The normalized spacial score (nSPS) is 20.1. The average Bonchev–Trinajstić information content (AvgIpc) is 2.38. The molecule has 5 nitrogen and oxygen atoms in total. The summed E-state index contributed by atoms with van der Waals surface area (Å²) in [7, 11) is 0. The Morgan fingerprint density at radius 3 is 2.62 bits per heavy atom. The fourth-order valence-corrected chi connectivity index (χ4v) is 1.35. The number of carbonyl (C=O) groups excluding carboxylic acids is 2. The van der Waals surface area contributed by atoms with E-state index in [0.29, 0.717) is 0 Å². The van der Waals surface area contributed by atoms with Gasteiger partial charge in [-0.15, -0.1) is 0 Å². The molecule has 0 bridgehead atoms. The van der Waals surface area contributed by atoms with E-state index >= 15 is 0 Å². The van der Waals surface area contributed by atoms with Crippen LogP contribution >= 0.6 is 0 Å². The average molecular weight is 226 g/mol. The molecule has 2 N–H and O–H groups in total. The van der Waals surface area contributed by atoms with Gasteiger partial charge in [0, 0.05) is 11.8 Å². The molecule has 16 heavy (non-hydrogen) atoms. The van der Waals surface area contributed by atoms with Gasteiger partial charge in [0.05, 0.1) is 6.04 Å². The van der Waals surface area contributed by atoms with Crippen LogP contribution in [0.25, 0.3) is 0 Å². The highest BCUT2D eigenvalue weighted by Crippen LogP contribution is 2.08. The zero-order valence-corrected chi connectivity index (χ0v) is 10.1. The Kier molecular flexibility index (Phi) is 3.57. The second kappa shape index (κ2) is 4.55. The number of hydrogen-bond donors (Lipinski definition) is 2. The van der Waals surface area contributed by atoms with Crippen LogP contribution in [0.3, 0.4) is 0 Å². The van der Waals surface area contributed by atoms with Crippen LogP contribution in [0, 0.1) is 0 Å². The third kappa shape index (κ3) is 3.92. The Balaban J connectivity index is 2.38. The number of ether oxygens (including phenoxy) is 1. The molecule has 1 amide bonds. The molecule has 1 atom stereocenters. The first-order valence-electron chi connectivity index (χ1n) is 5.26. The van der Waals surface area contributed by atoms with E-state index < -0.39 is 5.60 Å². The molecular weight excluding hydrogens is 208 g/mol. The third-order valence-electron chi connectivity index (χ3n) is 1.97. The molecule has 0 spiro atoms. The Labute approximate surface area is 95.2 Å². The number of amides is 1. The van der Waals surface area contributed by atoms with Gasteiger partial charge in [-0.1, -0.05) is 0 Å². The van der Waals surface area contributed by atoms with E-state index in [1.54, 1.807) is 0 Å². The van der Waals surface area contributed by atoms with Crippen molar-refractivity contribution in [3.8, 4) is 0 Å². The van der Waals surface area contributed by atoms with Crippen LogP contribution in [0.15, 0.2) is 11.8 Å². The van der Waals surface area contributed by atoms with Crippen molar-refractivity contribution in [3.63, 3.8) is 0 Å². The minimum atomic E-state index is -0.484. The van der Waals surface area contributed by atoms with Crippen LogP contribution in [0.5, 0.6) is 0 Å². The Morgan fingerprint density at radius 2 is 2.19 bits per heavy atom. The van der Waals surface area contributed by atoms with Gasteiger partial charge in [-0.25, -0.2) is 0 Å². The van der Waals surface area contributed by atoms with Gasteiger partial charge in [-0.3, -0.25) is 9.59 Å². The highest BCUT2D eigenvalue weighted by atomic mass is 16.6. The van der Waals surface area contributed by atoms with Crippen LogP contribution in [-0.2, 0) is 14.3 Å². The van der Waals surface area contributed by atoms with E-state index in [0.717, 1.165) is 5.70 Å². The van der Waals surface area contributed by atoms with E-state index in [-0.39, 0.29) is 24.5 Å². The molecule has 0 fully saturated rings. The number of carbonyl (C=O) groups is 2. The van der Waals surface area contributed by atoms with Gasteiger partial charge >= 0.3 is 5.97 Å². The lowest BCUT2D eigenvalue weighted by atomic mass is 10.2. The van der Waals surface area contributed by atoms with Crippen LogP contribution in [0.1, 0.15) is 27.7 Å². The van der Waals surface area contributed by atoms with Gasteiger partial charge in [-0.05, 0) is 27.7 Å². The number of nitrogens with one attached hydrogen (secondary N) is 2. The van der Waals surface area contributed by atoms with Crippen molar-refractivity contribution in [3.05, 3.63) is 11.8 Å². The van der Waals surface area contributed by atoms with Gasteiger partial charge in [0.1, 0.15) is 12.1 Å². The fraction of sp³-hybridized carbons (Fsp3) is 0.636. The maximum absolute atomic E-state index is 11.4. The summed E-state index contributed by atoms with van der Waals surface area (Å²) in [6, 6.07) is -0.0741. The van der Waals surface area contributed by atoms with Crippen molar-refractivity contribution in [1.82, 2.24) is 10.6 Å². The number of rotatable bonds is 3. The third-order valence-corrected chi connectivity index (χ3v) is 1.97. The van der Waals surface area contributed by atoms with Gasteiger partial charge in [0.2, 0.25) is 5.91 Å². The lowest BCUT2D eigenvalue weighted by molar-refractivity contribution is -0.153. The van der Waals surface area contributed by atoms with Crippen molar-refractivity contribution in [2.24, 2.45) is 0 Å². The minimum Gasteiger partial charge on any atom is -0.459 e. The van der Waals surface area contributed by atoms with E-state index in [2.05, 4.69) is 10.6 Å². The summed E-state index contributed by atoms with van der Waals surface area (Å²) in [5.41, 5.74) is 0.235. The Bertz CT molecular complexity index is 329. The maximum Gasteiger partial charge on any atom is 0.325 e. The minimum absolute atomic E-state index is 0.0718. The molecule has 90 valence electrons. The van der Waals surface area contributed by atoms with E-state index in [9.17, 15) is 9.59 Å². The Hall–Kier alpha value is -1.52. The molecule has 0 saturated heterocycles. The summed E-state index contributed by atoms with van der Waals surface area (Å²) >= 11 is 0. The summed E-state index contributed by atoms with van der Waals surface area (Å²) < 4.78 is 5.13. The standard InChI is InChI=1S/C11H18N2O3/c1-7-8(5-9(14)13-7)12-6-10(15)16-11(2,3)4/h5,7,12H,6H2,1-4H3,(H,13,14)/t7-/m0/s1. The highest BCUT2D eigenvalue weighted by Gasteiger charge is 2.21. The topological polar surface area (TPSA) is 67.4 Å². The monoisotopic (exact) mass is 226 g/mol. The van der Waals surface area contributed by atoms with Crippen molar-refractivity contribution in [2.75, 3.05) is 6.54 Å². The predicted molar refractivity (Wildman–Crippen MR) is 59.5 cm³/mol. The molecule has 0 saturated carbocycles. The molecule has 0 aliphatic carbocycles. The molecule has 0 aromatic rings. The Morgan fingerprint density at radius 1 is 1.56 bits per heavy atom. The summed E-state index contributed by atoms with van der Waals surface area (Å²) in [5, 5.41) is 5.58. The van der Waals surface area contributed by atoms with Gasteiger partial charge in [0.15, 0.2) is 0 Å². The quantitative estimate of drug-likeness (QED) is 0.680. The fourth-order valence-electron chi connectivity index (χ4n) is 1.35. The van der Waals surface area contributed by atoms with Crippen LogP contribution < -0.4 is 10.6 Å². The largest absolute Gasteiger partial charge is 0.459 e. The first-order valence-corrected chi connectivity index (χ1v) is 5.26. The lowest BCUT2D eigenvalue weighted by Gasteiger charge is -2.20. The van der Waals surface area contributed by atoms with Gasteiger partial charge in [-0.2, -0.15) is 0 Å². The smallest absolute Gasteiger partial charge is 0.325 e. The van der Waals surface area contributed by atoms with E-state index in [1.807, 2.05) is 27.7 Å². The number of esters is 1. The van der Waals surface area contributed by atoms with Crippen molar-refractivity contribution >= 4 is 11.9 Å². The molecule has 1 aliphatic heterocycles. The molecule has 5 heteroatoms. The molecule has 1 heterocycles. The zero-order valence-electron chi connectivity index (χ0n) is 10.1. The number of hydrogen-bond acceptors (Lipinski definition) is 4. The summed E-state index contributed by atoms with van der Waals surface area (Å²) in [4.78, 5) is 22.4. The molecular formula is C11H18N2O3. The first kappa shape index (κ1) is 12.5. The SMILES string of the molecule is C[C@@H]1NC(=O)C=C1NCC(=O)OC(C)(C)C. The second-order valence-electron chi connectivity index (χ2n) is 4.77. The molecule has 1 aliphatic rings. The van der Waals surface area contributed by atoms with Crippen molar-refractivity contribution in [2.45, 2.75) is 39.3 Å². The van der Waals surface area contributed by atoms with Crippen LogP contribution in [0.2, 0.25) is 0 Å². The summed E-state index contributed by atoms with van der Waals surface area (Å²) in [6.07, 6.45) is 1.45. The second-order valence-corrected chi connectivity index (χ2v) is 4.77. The molecule has 0 aromatic carbocycles. The lowest BCUT2D eigenvalue weighted by Crippen LogP contribution is -2.35. The van der Waals surface area contributed by atoms with Gasteiger partial charge < -0.3 is 15.4 Å². The molecule has 1 rings (SSSR count). The van der Waals surface area contributed by atoms with Crippen molar-refractivity contribution < 1.29 is 14.3 Å². The molecule has 0 radical (unpaired) electrons. The predicted octanol–water partition coefficient (Wildman–Crippen LogP) is 0.320. The molecule has 0 unspecified atom stereocenters. The first-order chi connectivity index (χ1) is 7.28. The zero-order chi connectivity index (χ0) is 12.3. The van der Waals surface area contributed by atoms with Gasteiger partial charge in [0.25, 0.3) is 0 Å². The summed E-state index contributed by atoms with van der Waals surface area (Å²) in [5.74, 6) is -0.473. The molecule has 0 aromatic heterocycles. The van der Waals surface area contributed by atoms with Crippen LogP contribution in [-0.4, -0.2) is 30.1 Å². The highest BCUT2D eigenvalue weighted by molar-refractivity contribution is 5.91. The van der Waals surface area contributed by atoms with E-state index in [4.69, 9.17) is 4.74 Å². The maximum atomic E-state index is 11.4. The van der Waals surface area contributed by atoms with E-state index in [1.165, 1.54) is 6.08 Å². The summed E-state index contributed by atoms with van der Waals surface area (Å²) in [6.45, 7) is 7.36.